The van der Waals surface area contributed by atoms with Gasteiger partial charge in [-0.05, 0) is 136 Å². The summed E-state index contributed by atoms with van der Waals surface area (Å²) in [6, 6.07) is 51.2. The number of anilines is 2. The summed E-state index contributed by atoms with van der Waals surface area (Å²) >= 11 is 12.5. The number of hydrogen-bond donors (Lipinski definition) is 6. The summed E-state index contributed by atoms with van der Waals surface area (Å²) in [6.45, 7) is 18.3. The number of halogens is 2. The van der Waals surface area contributed by atoms with Crippen molar-refractivity contribution in [2.45, 2.75) is 69.9 Å². The third-order valence-electron chi connectivity index (χ3n) is 18.3. The number of aromatic nitrogens is 10. The van der Waals surface area contributed by atoms with Crippen LogP contribution in [0.5, 0.6) is 23.0 Å². The molecule has 2 fully saturated rings. The van der Waals surface area contributed by atoms with E-state index in [0.717, 1.165) is 142 Å². The van der Waals surface area contributed by atoms with E-state index in [1.165, 1.54) is 22.9 Å². The highest BCUT2D eigenvalue weighted by molar-refractivity contribution is 8.00. The van der Waals surface area contributed by atoms with Crippen LogP contribution in [0.1, 0.15) is 50.2 Å². The van der Waals surface area contributed by atoms with Crippen molar-refractivity contribution < 1.29 is 43.1 Å². The standard InChI is InChI=1S/C39H41ClN8O4S2.C39H41FN8O4S2/c1-39(2,53-3)34-23-36(48(45-34)28-11-13-31(40)32(49)22-28)42-38(50)41-24-27-7-4-5-10-33(27)54-30-12-14-35-43-44-37(47(35)25-30)26-8-6-9-29(21-26)52-20-17-46-15-18-51-19-16-46;1-39(2,53-3)34-23-36(48(45-34)28-11-13-32(49)31(40)22-28)42-38(50)41-24-27-7-4-5-10-33(27)54-30-12-14-35-43-44-37(47(35)25-30)26-8-6-9-29(21-26)52-20-17-46-15-18-51-19-16-46/h2*4-14,21-23,25,49H,15-20,24H2,1-3H3,(H2,41,42,50). The first-order valence-corrected chi connectivity index (χ1v) is 39.5. The molecule has 0 unspecified atom stereocenters. The van der Waals surface area contributed by atoms with Crippen LogP contribution in [0.4, 0.5) is 25.6 Å². The minimum Gasteiger partial charge on any atom is -0.506 e. The van der Waals surface area contributed by atoms with Crippen molar-refractivity contribution in [1.82, 2.24) is 69.2 Å². The van der Waals surface area contributed by atoms with Gasteiger partial charge in [0.15, 0.2) is 34.5 Å². The molecule has 0 spiro atoms. The lowest BCUT2D eigenvalue weighted by Crippen LogP contribution is -2.38. The van der Waals surface area contributed by atoms with E-state index >= 15 is 0 Å². The van der Waals surface area contributed by atoms with Crippen molar-refractivity contribution in [2.75, 3.05) is 102 Å². The van der Waals surface area contributed by atoms with Gasteiger partial charge in [-0.15, -0.1) is 20.4 Å². The SMILES string of the molecule is CSC(C)(C)c1cc(NC(=O)NCc2ccccc2Sc2ccc3nnc(-c4cccc(OCCN5CCOCC5)c4)n3c2)n(-c2ccc(Cl)c(O)c2)n1.CSC(C)(C)c1cc(NC(=O)NCc2ccccc2Sc2ccc3nnc(-c4cccc(OCCN5CCOCC5)c4)n3c2)n(-c2ccc(O)c(F)c2)n1. The number of thioether (sulfide) groups is 2. The summed E-state index contributed by atoms with van der Waals surface area (Å²) in [5.41, 5.74) is 7.52. The van der Waals surface area contributed by atoms with Gasteiger partial charge in [0.05, 0.1) is 63.7 Å². The Kier molecular flexibility index (Phi) is 24.8. The van der Waals surface area contributed by atoms with E-state index in [1.807, 2.05) is 175 Å². The fraction of sp³-hybridized carbons (Fsp3) is 0.282. The molecular weight excluding hydrogens is 1470 g/mol. The summed E-state index contributed by atoms with van der Waals surface area (Å²) in [5, 5.41) is 59.3. The number of morpholine rings is 2. The van der Waals surface area contributed by atoms with Gasteiger partial charge in [-0.1, -0.05) is 95.8 Å². The van der Waals surface area contributed by atoms with E-state index in [0.29, 0.717) is 47.7 Å². The monoisotopic (exact) mass is 1550 g/mol. The maximum Gasteiger partial charge on any atom is 0.320 e. The maximum atomic E-state index is 14.3. The number of carbonyl (C=O) groups is 2. The van der Waals surface area contributed by atoms with Crippen LogP contribution in [0.3, 0.4) is 0 Å². The van der Waals surface area contributed by atoms with Crippen LogP contribution in [0.15, 0.2) is 202 Å². The van der Waals surface area contributed by atoms with Crippen LogP contribution < -0.4 is 30.7 Å². The molecule has 12 aromatic rings. The molecule has 0 bridgehead atoms. The van der Waals surface area contributed by atoms with Crippen molar-refractivity contribution in [3.8, 4) is 57.1 Å². The van der Waals surface area contributed by atoms with Crippen molar-refractivity contribution in [3.63, 3.8) is 0 Å². The maximum absolute atomic E-state index is 14.3. The molecule has 0 saturated carbocycles. The number of carbonyl (C=O) groups excluding carboxylic acids is 2. The highest BCUT2D eigenvalue weighted by Gasteiger charge is 2.28. The third-order valence-corrected chi connectivity index (χ3v) is 23.3. The topological polar surface area (TPSA) is 262 Å². The first-order valence-electron chi connectivity index (χ1n) is 35.0. The van der Waals surface area contributed by atoms with Gasteiger partial charge in [0.25, 0.3) is 0 Å². The van der Waals surface area contributed by atoms with E-state index in [-0.39, 0.29) is 33.4 Å². The second kappa shape index (κ2) is 35.0. The molecule has 6 aromatic carbocycles. The first kappa shape index (κ1) is 76.4. The molecule has 2 aliphatic heterocycles. The normalized spacial score (nSPS) is 13.6. The summed E-state index contributed by atoms with van der Waals surface area (Å²) in [6.07, 6.45) is 8.03. The minimum absolute atomic E-state index is 0.0750. The molecule has 560 valence electrons. The smallest absolute Gasteiger partial charge is 0.320 e. The second-order valence-electron chi connectivity index (χ2n) is 26.3. The Morgan fingerprint density at radius 2 is 0.991 bits per heavy atom. The van der Waals surface area contributed by atoms with Gasteiger partial charge in [-0.3, -0.25) is 29.2 Å². The van der Waals surface area contributed by atoms with Gasteiger partial charge in [0.2, 0.25) is 0 Å². The fourth-order valence-electron chi connectivity index (χ4n) is 11.8. The Bertz CT molecular complexity index is 4830. The zero-order valence-corrected chi connectivity index (χ0v) is 64.3. The number of ether oxygens (including phenoxy) is 4. The molecular formula is C78H82ClFN16O8S4. The molecule has 14 rings (SSSR count). The second-order valence-corrected chi connectivity index (χ2v) is 31.8. The fourth-order valence-corrected chi connectivity index (χ4v) is 14.4. The van der Waals surface area contributed by atoms with Gasteiger partial charge >= 0.3 is 12.1 Å². The van der Waals surface area contributed by atoms with Gasteiger partial charge in [0, 0.05) is 120 Å². The van der Waals surface area contributed by atoms with Crippen molar-refractivity contribution in [2.24, 2.45) is 0 Å². The lowest BCUT2D eigenvalue weighted by molar-refractivity contribution is 0.0322. The van der Waals surface area contributed by atoms with Crippen LogP contribution in [0.2, 0.25) is 5.02 Å². The Hall–Kier alpha value is -9.82. The van der Waals surface area contributed by atoms with Crippen LogP contribution in [0.25, 0.3) is 45.4 Å². The number of rotatable bonds is 26. The predicted molar refractivity (Wildman–Crippen MR) is 424 cm³/mol. The summed E-state index contributed by atoms with van der Waals surface area (Å²) in [5.74, 6) is 2.47. The number of nitrogens with zero attached hydrogens (tertiary/aromatic N) is 12. The molecule has 6 N–H and O–H groups in total. The number of fused-ring (bicyclic) bond motifs is 2. The van der Waals surface area contributed by atoms with Gasteiger partial charge < -0.3 is 39.8 Å². The van der Waals surface area contributed by atoms with E-state index in [2.05, 4.69) is 70.4 Å². The number of nitrogens with one attached hydrogen (secondary N) is 4. The van der Waals surface area contributed by atoms with Crippen molar-refractivity contribution in [1.29, 1.82) is 0 Å². The number of amides is 4. The average Bonchev–Trinajstić information content (AvgIpc) is 1.67. The molecule has 0 atom stereocenters. The third kappa shape index (κ3) is 19.0. The molecule has 2 saturated heterocycles. The zero-order chi connectivity index (χ0) is 75.3. The van der Waals surface area contributed by atoms with Crippen molar-refractivity contribution in [3.05, 3.63) is 216 Å². The number of benzene rings is 6. The number of pyridine rings is 2. The predicted octanol–water partition coefficient (Wildman–Crippen LogP) is 14.9. The number of phenolic OH excluding ortho intramolecular Hbond substituents is 2. The largest absolute Gasteiger partial charge is 0.506 e. The van der Waals surface area contributed by atoms with Crippen molar-refractivity contribution >= 4 is 93.6 Å². The first-order chi connectivity index (χ1) is 52.3. The van der Waals surface area contributed by atoms with Gasteiger partial charge in [-0.25, -0.2) is 23.3 Å². The van der Waals surface area contributed by atoms with E-state index in [1.54, 1.807) is 76.0 Å². The van der Waals surface area contributed by atoms with Crippen LogP contribution in [-0.4, -0.2) is 172 Å². The molecule has 4 amide bonds. The van der Waals surface area contributed by atoms with E-state index < -0.39 is 23.6 Å². The van der Waals surface area contributed by atoms with Gasteiger partial charge in [0.1, 0.15) is 42.1 Å². The van der Waals surface area contributed by atoms with E-state index in [4.69, 9.17) is 35.6 Å². The molecule has 6 aromatic heterocycles. The molecule has 2 aliphatic rings. The zero-order valence-electron chi connectivity index (χ0n) is 60.3. The van der Waals surface area contributed by atoms with E-state index in [9.17, 15) is 24.2 Å². The Morgan fingerprint density at radius 1 is 0.537 bits per heavy atom. The minimum atomic E-state index is -0.785. The lowest BCUT2D eigenvalue weighted by Gasteiger charge is -2.26. The Morgan fingerprint density at radius 3 is 1.44 bits per heavy atom. The quantitative estimate of drug-likeness (QED) is 0.0294. The van der Waals surface area contributed by atoms with Crippen LogP contribution in [-0.2, 0) is 32.1 Å². The highest BCUT2D eigenvalue weighted by atomic mass is 35.5. The van der Waals surface area contributed by atoms with Crippen LogP contribution >= 0.6 is 58.6 Å². The molecule has 0 radical (unpaired) electrons. The van der Waals surface area contributed by atoms with Gasteiger partial charge in [-0.2, -0.15) is 33.7 Å². The molecule has 0 aliphatic carbocycles. The average molecular weight is 1550 g/mol. The number of urea groups is 2. The Labute approximate surface area is 646 Å². The number of aromatic hydroxyl groups is 2. The Balaban J connectivity index is 0.000000190. The highest BCUT2D eigenvalue weighted by Crippen LogP contribution is 2.39. The molecule has 24 nitrogen and oxygen atoms in total. The molecule has 8 heterocycles. The van der Waals surface area contributed by atoms with Crippen LogP contribution in [0, 0.1) is 5.82 Å². The number of hydrogen-bond acceptors (Lipinski definition) is 20. The number of phenols is 2. The summed E-state index contributed by atoms with van der Waals surface area (Å²) in [7, 11) is 0. The summed E-state index contributed by atoms with van der Waals surface area (Å²) < 4.78 is 43.7. The molecule has 108 heavy (non-hydrogen) atoms. The lowest BCUT2D eigenvalue weighted by atomic mass is 10.1. The molecule has 30 heteroatoms. The summed E-state index contributed by atoms with van der Waals surface area (Å²) in [4.78, 5) is 35.3.